The Labute approximate surface area is 111 Å². The fourth-order valence-corrected chi connectivity index (χ4v) is 3.49. The van der Waals surface area contributed by atoms with Gasteiger partial charge in [-0.2, -0.15) is 0 Å². The number of nitrogens with zero attached hydrogens (tertiary/aromatic N) is 1. The quantitative estimate of drug-likeness (QED) is 0.671. The highest BCUT2D eigenvalue weighted by molar-refractivity contribution is 4.88. The van der Waals surface area contributed by atoms with E-state index in [1.165, 1.54) is 25.7 Å². The number of aliphatic hydroxyl groups is 1. The summed E-state index contributed by atoms with van der Waals surface area (Å²) in [5, 5.41) is 13.7. The molecule has 2 fully saturated rings. The molecule has 0 aromatic rings. The van der Waals surface area contributed by atoms with E-state index in [0.717, 1.165) is 26.1 Å². The first-order chi connectivity index (χ1) is 8.69. The van der Waals surface area contributed by atoms with Crippen molar-refractivity contribution in [2.75, 3.05) is 26.2 Å². The van der Waals surface area contributed by atoms with Gasteiger partial charge in [-0.15, -0.1) is 0 Å². The van der Waals surface area contributed by atoms with E-state index in [0.29, 0.717) is 24.5 Å². The molecule has 1 heterocycles. The molecule has 0 aromatic heterocycles. The molecular formula is C14H29N3O. The first kappa shape index (κ1) is 14.3. The molecule has 106 valence electrons. The summed E-state index contributed by atoms with van der Waals surface area (Å²) < 4.78 is 0. The average molecular weight is 255 g/mol. The van der Waals surface area contributed by atoms with E-state index >= 15 is 0 Å². The molecule has 4 nitrogen and oxygen atoms in total. The number of aliphatic hydroxyl groups excluding tert-OH is 1. The van der Waals surface area contributed by atoms with Crippen LogP contribution < -0.4 is 11.1 Å². The predicted octanol–water partition coefficient (Wildman–Crippen LogP) is 0.549. The van der Waals surface area contributed by atoms with E-state index < -0.39 is 0 Å². The lowest BCUT2D eigenvalue weighted by Gasteiger charge is -2.40. The van der Waals surface area contributed by atoms with Crippen LogP contribution >= 0.6 is 0 Å². The Morgan fingerprint density at radius 3 is 2.61 bits per heavy atom. The molecule has 4 heteroatoms. The first-order valence-electron chi connectivity index (χ1n) is 7.55. The van der Waals surface area contributed by atoms with Crippen LogP contribution in [-0.4, -0.2) is 54.4 Å². The number of nitrogens with two attached hydrogens (primary N) is 1. The largest absolute Gasteiger partial charge is 0.393 e. The predicted molar refractivity (Wildman–Crippen MR) is 74.5 cm³/mol. The minimum absolute atomic E-state index is 0.210. The van der Waals surface area contributed by atoms with E-state index in [1.54, 1.807) is 0 Å². The van der Waals surface area contributed by atoms with Crippen molar-refractivity contribution in [3.8, 4) is 0 Å². The molecule has 2 aliphatic rings. The van der Waals surface area contributed by atoms with Crippen molar-refractivity contribution in [2.45, 2.75) is 57.2 Å². The van der Waals surface area contributed by atoms with Crippen LogP contribution in [-0.2, 0) is 0 Å². The van der Waals surface area contributed by atoms with Gasteiger partial charge in [0.2, 0.25) is 0 Å². The minimum Gasteiger partial charge on any atom is -0.393 e. The van der Waals surface area contributed by atoms with Crippen LogP contribution in [0.25, 0.3) is 0 Å². The lowest BCUT2D eigenvalue weighted by molar-refractivity contribution is 0.0471. The van der Waals surface area contributed by atoms with Crippen molar-refractivity contribution in [1.29, 1.82) is 0 Å². The van der Waals surface area contributed by atoms with Crippen LogP contribution in [0.3, 0.4) is 0 Å². The van der Waals surface area contributed by atoms with Crippen molar-refractivity contribution < 1.29 is 5.11 Å². The van der Waals surface area contributed by atoms with Crippen LogP contribution in [0.15, 0.2) is 0 Å². The molecule has 0 bridgehead atoms. The highest BCUT2D eigenvalue weighted by Crippen LogP contribution is 2.23. The molecule has 0 spiro atoms. The minimum atomic E-state index is -0.210. The van der Waals surface area contributed by atoms with Gasteiger partial charge >= 0.3 is 0 Å². The summed E-state index contributed by atoms with van der Waals surface area (Å²) in [7, 11) is 0. The summed E-state index contributed by atoms with van der Waals surface area (Å²) in [4.78, 5) is 2.41. The van der Waals surface area contributed by atoms with Crippen molar-refractivity contribution in [2.24, 2.45) is 11.7 Å². The molecular weight excluding hydrogens is 226 g/mol. The normalized spacial score (nSPS) is 32.8. The van der Waals surface area contributed by atoms with Crippen molar-refractivity contribution in [3.63, 3.8) is 0 Å². The van der Waals surface area contributed by atoms with Gasteiger partial charge in [0.15, 0.2) is 0 Å². The highest BCUT2D eigenvalue weighted by atomic mass is 16.3. The number of likely N-dealkylation sites (tertiary alicyclic amines) is 1. The molecule has 0 amide bonds. The SMILES string of the molecule is CC(O)C1CC(NC2CCCC2)CN(CCN)C1. The summed E-state index contributed by atoms with van der Waals surface area (Å²) in [6.07, 6.45) is 6.29. The third-order valence-electron chi connectivity index (χ3n) is 4.51. The Kier molecular flexibility index (Phi) is 5.42. The molecule has 0 radical (unpaired) electrons. The van der Waals surface area contributed by atoms with Crippen LogP contribution in [0.2, 0.25) is 0 Å². The van der Waals surface area contributed by atoms with E-state index in [1.807, 2.05) is 6.92 Å². The van der Waals surface area contributed by atoms with Gasteiger partial charge in [0, 0.05) is 38.3 Å². The fraction of sp³-hybridized carbons (Fsp3) is 1.00. The van der Waals surface area contributed by atoms with E-state index in [-0.39, 0.29) is 6.10 Å². The fourth-order valence-electron chi connectivity index (χ4n) is 3.49. The molecule has 3 atom stereocenters. The topological polar surface area (TPSA) is 61.5 Å². The van der Waals surface area contributed by atoms with Gasteiger partial charge in [-0.25, -0.2) is 0 Å². The van der Waals surface area contributed by atoms with Gasteiger partial charge in [0.05, 0.1) is 6.10 Å². The van der Waals surface area contributed by atoms with Crippen molar-refractivity contribution in [1.82, 2.24) is 10.2 Å². The van der Waals surface area contributed by atoms with Gasteiger partial charge in [-0.3, -0.25) is 0 Å². The Balaban J connectivity index is 1.87. The lowest BCUT2D eigenvalue weighted by atomic mass is 9.89. The summed E-state index contributed by atoms with van der Waals surface area (Å²) in [6.45, 7) is 5.67. The molecule has 4 N–H and O–H groups in total. The number of hydrogen-bond acceptors (Lipinski definition) is 4. The number of piperidine rings is 1. The summed E-state index contributed by atoms with van der Waals surface area (Å²) in [5.41, 5.74) is 5.67. The number of nitrogens with one attached hydrogen (secondary N) is 1. The Morgan fingerprint density at radius 2 is 2.00 bits per heavy atom. The zero-order valence-electron chi connectivity index (χ0n) is 11.6. The third kappa shape index (κ3) is 3.92. The highest BCUT2D eigenvalue weighted by Gasteiger charge is 2.31. The van der Waals surface area contributed by atoms with Gasteiger partial charge in [0.25, 0.3) is 0 Å². The zero-order chi connectivity index (χ0) is 13.0. The summed E-state index contributed by atoms with van der Waals surface area (Å²) in [5.74, 6) is 0.393. The number of rotatable bonds is 5. The van der Waals surface area contributed by atoms with Crippen molar-refractivity contribution in [3.05, 3.63) is 0 Å². The van der Waals surface area contributed by atoms with Gasteiger partial charge in [-0.05, 0) is 32.1 Å². The van der Waals surface area contributed by atoms with Crippen LogP contribution in [0.4, 0.5) is 0 Å². The third-order valence-corrected chi connectivity index (χ3v) is 4.51. The molecule has 1 saturated heterocycles. The molecule has 1 saturated carbocycles. The van der Waals surface area contributed by atoms with Crippen molar-refractivity contribution >= 4 is 0 Å². The second-order valence-electron chi connectivity index (χ2n) is 6.13. The average Bonchev–Trinajstić information content (AvgIpc) is 2.82. The second-order valence-corrected chi connectivity index (χ2v) is 6.13. The van der Waals surface area contributed by atoms with Crippen LogP contribution in [0.1, 0.15) is 39.0 Å². The lowest BCUT2D eigenvalue weighted by Crippen LogP contribution is -2.54. The van der Waals surface area contributed by atoms with Gasteiger partial charge < -0.3 is 21.1 Å². The summed E-state index contributed by atoms with van der Waals surface area (Å²) >= 11 is 0. The molecule has 2 rings (SSSR count). The van der Waals surface area contributed by atoms with E-state index in [4.69, 9.17) is 5.73 Å². The number of hydrogen-bond donors (Lipinski definition) is 3. The Bertz CT molecular complexity index is 239. The monoisotopic (exact) mass is 255 g/mol. The van der Waals surface area contributed by atoms with Gasteiger partial charge in [-0.1, -0.05) is 12.8 Å². The molecule has 1 aliphatic heterocycles. The van der Waals surface area contributed by atoms with Gasteiger partial charge in [0.1, 0.15) is 0 Å². The smallest absolute Gasteiger partial charge is 0.0553 e. The molecule has 3 unspecified atom stereocenters. The Hall–Kier alpha value is -0.160. The maximum absolute atomic E-state index is 9.86. The van der Waals surface area contributed by atoms with E-state index in [2.05, 4.69) is 10.2 Å². The Morgan fingerprint density at radius 1 is 1.28 bits per heavy atom. The molecule has 18 heavy (non-hydrogen) atoms. The first-order valence-corrected chi connectivity index (χ1v) is 7.55. The standard InChI is InChI=1S/C14H29N3O/c1-11(18)12-8-14(10-17(9-12)7-6-15)16-13-4-2-3-5-13/h11-14,16,18H,2-10,15H2,1H3. The maximum Gasteiger partial charge on any atom is 0.0553 e. The summed E-state index contributed by atoms with van der Waals surface area (Å²) in [6, 6.07) is 1.25. The molecule has 0 aromatic carbocycles. The second kappa shape index (κ2) is 6.85. The van der Waals surface area contributed by atoms with E-state index in [9.17, 15) is 5.11 Å². The maximum atomic E-state index is 9.86. The molecule has 1 aliphatic carbocycles. The van der Waals surface area contributed by atoms with Crippen LogP contribution in [0, 0.1) is 5.92 Å². The zero-order valence-corrected chi connectivity index (χ0v) is 11.6. The van der Waals surface area contributed by atoms with Crippen LogP contribution in [0.5, 0.6) is 0 Å².